The van der Waals surface area contributed by atoms with E-state index in [0.717, 1.165) is 28.1 Å². The molecule has 4 rings (SSSR count). The number of amides is 1. The van der Waals surface area contributed by atoms with Crippen LogP contribution in [0, 0.1) is 0 Å². The molecule has 0 fully saturated rings. The summed E-state index contributed by atoms with van der Waals surface area (Å²) in [5, 5.41) is 3.55. The molecule has 1 amide bonds. The van der Waals surface area contributed by atoms with E-state index in [1.807, 2.05) is 61.5 Å². The standard InChI is InChI=1S/C23H23N3O/c1-25(2)19-14-12-18(13-15-19)22-24-21-11-7-6-10-20(21)23(27)26(22)16-17-8-4-3-5-9-17/h3-15,22,24H,16H2,1-2H3/t22-/m1/s1. The van der Waals surface area contributed by atoms with Crippen LogP contribution in [0.5, 0.6) is 0 Å². The van der Waals surface area contributed by atoms with Crippen LogP contribution in [0.15, 0.2) is 78.9 Å². The van der Waals surface area contributed by atoms with E-state index < -0.39 is 0 Å². The van der Waals surface area contributed by atoms with Gasteiger partial charge in [-0.2, -0.15) is 0 Å². The Labute approximate surface area is 160 Å². The van der Waals surface area contributed by atoms with Crippen molar-refractivity contribution in [1.29, 1.82) is 0 Å². The Bertz CT molecular complexity index is 935. The molecule has 1 atom stereocenters. The van der Waals surface area contributed by atoms with Crippen molar-refractivity contribution in [2.45, 2.75) is 12.7 Å². The highest BCUT2D eigenvalue weighted by Gasteiger charge is 2.32. The van der Waals surface area contributed by atoms with E-state index in [9.17, 15) is 4.79 Å². The Morgan fingerprint density at radius 3 is 2.26 bits per heavy atom. The molecule has 0 spiro atoms. The summed E-state index contributed by atoms with van der Waals surface area (Å²) in [6.45, 7) is 0.557. The van der Waals surface area contributed by atoms with Gasteiger partial charge in [0.2, 0.25) is 0 Å². The van der Waals surface area contributed by atoms with Gasteiger partial charge in [0.15, 0.2) is 0 Å². The molecule has 4 nitrogen and oxygen atoms in total. The van der Waals surface area contributed by atoms with Crippen molar-refractivity contribution in [1.82, 2.24) is 4.90 Å². The Kier molecular flexibility index (Phi) is 4.55. The van der Waals surface area contributed by atoms with Crippen molar-refractivity contribution >= 4 is 17.3 Å². The minimum atomic E-state index is -0.205. The number of carbonyl (C=O) groups excluding carboxylic acids is 1. The lowest BCUT2D eigenvalue weighted by Gasteiger charge is -2.38. The van der Waals surface area contributed by atoms with Gasteiger partial charge in [0.25, 0.3) is 5.91 Å². The molecule has 1 heterocycles. The lowest BCUT2D eigenvalue weighted by atomic mass is 10.0. The summed E-state index contributed by atoms with van der Waals surface area (Å²) >= 11 is 0. The summed E-state index contributed by atoms with van der Waals surface area (Å²) < 4.78 is 0. The van der Waals surface area contributed by atoms with Gasteiger partial charge in [-0.05, 0) is 35.4 Å². The first kappa shape index (κ1) is 17.2. The molecule has 0 aliphatic carbocycles. The van der Waals surface area contributed by atoms with Crippen molar-refractivity contribution < 1.29 is 4.79 Å². The lowest BCUT2D eigenvalue weighted by Crippen LogP contribution is -2.42. The average molecular weight is 357 g/mol. The van der Waals surface area contributed by atoms with E-state index in [-0.39, 0.29) is 12.1 Å². The molecule has 1 aliphatic rings. The summed E-state index contributed by atoms with van der Waals surface area (Å²) in [4.78, 5) is 17.2. The van der Waals surface area contributed by atoms with Gasteiger partial charge in [-0.15, -0.1) is 0 Å². The van der Waals surface area contributed by atoms with Crippen LogP contribution in [0.1, 0.15) is 27.7 Å². The van der Waals surface area contributed by atoms with Gasteiger partial charge in [0.1, 0.15) is 6.17 Å². The number of anilines is 2. The van der Waals surface area contributed by atoms with Crippen LogP contribution in [0.2, 0.25) is 0 Å². The largest absolute Gasteiger partial charge is 0.378 e. The first-order chi connectivity index (χ1) is 13.1. The molecule has 3 aromatic rings. The van der Waals surface area contributed by atoms with E-state index in [1.54, 1.807) is 0 Å². The summed E-state index contributed by atoms with van der Waals surface area (Å²) in [6.07, 6.45) is -0.205. The van der Waals surface area contributed by atoms with Gasteiger partial charge in [0, 0.05) is 32.0 Å². The highest BCUT2D eigenvalue weighted by molar-refractivity contribution is 6.01. The normalized spacial score (nSPS) is 15.9. The van der Waals surface area contributed by atoms with Crippen molar-refractivity contribution in [3.63, 3.8) is 0 Å². The molecular weight excluding hydrogens is 334 g/mol. The highest BCUT2D eigenvalue weighted by atomic mass is 16.2. The van der Waals surface area contributed by atoms with Crippen molar-refractivity contribution in [3.05, 3.63) is 95.6 Å². The average Bonchev–Trinajstić information content (AvgIpc) is 2.71. The van der Waals surface area contributed by atoms with Gasteiger partial charge in [-0.1, -0.05) is 54.6 Å². The molecule has 4 heteroatoms. The second-order valence-electron chi connectivity index (χ2n) is 7.00. The zero-order valence-electron chi connectivity index (χ0n) is 15.6. The predicted molar refractivity (Wildman–Crippen MR) is 110 cm³/mol. The predicted octanol–water partition coefficient (Wildman–Crippen LogP) is 4.52. The fourth-order valence-corrected chi connectivity index (χ4v) is 3.45. The van der Waals surface area contributed by atoms with E-state index in [2.05, 4.69) is 46.6 Å². The van der Waals surface area contributed by atoms with Crippen LogP contribution in [0.25, 0.3) is 0 Å². The minimum absolute atomic E-state index is 0.0508. The lowest BCUT2D eigenvalue weighted by molar-refractivity contribution is 0.0666. The number of hydrogen-bond donors (Lipinski definition) is 1. The molecule has 0 radical (unpaired) electrons. The third kappa shape index (κ3) is 3.38. The van der Waals surface area contributed by atoms with Gasteiger partial charge in [0.05, 0.1) is 5.56 Å². The number of rotatable bonds is 4. The number of nitrogens with one attached hydrogen (secondary N) is 1. The number of nitrogens with zero attached hydrogens (tertiary/aromatic N) is 2. The van der Waals surface area contributed by atoms with Crippen molar-refractivity contribution in [2.24, 2.45) is 0 Å². The van der Waals surface area contributed by atoms with Crippen LogP contribution < -0.4 is 10.2 Å². The fourth-order valence-electron chi connectivity index (χ4n) is 3.45. The number of benzene rings is 3. The monoisotopic (exact) mass is 357 g/mol. The molecule has 1 aliphatic heterocycles. The van der Waals surface area contributed by atoms with Crippen molar-refractivity contribution in [2.75, 3.05) is 24.3 Å². The van der Waals surface area contributed by atoms with Gasteiger partial charge in [-0.25, -0.2) is 0 Å². The molecule has 1 N–H and O–H groups in total. The summed E-state index contributed by atoms with van der Waals surface area (Å²) in [5.41, 5.74) is 4.92. The highest BCUT2D eigenvalue weighted by Crippen LogP contribution is 2.34. The zero-order valence-corrected chi connectivity index (χ0v) is 15.6. The Hall–Kier alpha value is -3.27. The van der Waals surface area contributed by atoms with E-state index in [4.69, 9.17) is 0 Å². The molecule has 0 saturated heterocycles. The number of para-hydroxylation sites is 1. The second kappa shape index (κ2) is 7.16. The molecule has 0 bridgehead atoms. The van der Waals surface area contributed by atoms with E-state index >= 15 is 0 Å². The summed E-state index contributed by atoms with van der Waals surface area (Å²) in [6, 6.07) is 26.2. The maximum atomic E-state index is 13.3. The molecule has 27 heavy (non-hydrogen) atoms. The maximum Gasteiger partial charge on any atom is 0.258 e. The Morgan fingerprint density at radius 1 is 0.889 bits per heavy atom. The topological polar surface area (TPSA) is 35.6 Å². The molecule has 0 saturated carbocycles. The third-order valence-electron chi connectivity index (χ3n) is 4.94. The van der Waals surface area contributed by atoms with E-state index in [1.165, 1.54) is 0 Å². The molecular formula is C23H23N3O. The third-order valence-corrected chi connectivity index (χ3v) is 4.94. The Balaban J connectivity index is 1.73. The minimum Gasteiger partial charge on any atom is -0.378 e. The van der Waals surface area contributed by atoms with Gasteiger partial charge >= 0.3 is 0 Å². The molecule has 3 aromatic carbocycles. The van der Waals surface area contributed by atoms with Crippen LogP contribution in [0.3, 0.4) is 0 Å². The number of fused-ring (bicyclic) bond motifs is 1. The number of carbonyl (C=O) groups is 1. The van der Waals surface area contributed by atoms with Crippen LogP contribution in [-0.2, 0) is 6.54 Å². The van der Waals surface area contributed by atoms with Crippen LogP contribution in [0.4, 0.5) is 11.4 Å². The fraction of sp³-hybridized carbons (Fsp3) is 0.174. The molecule has 0 unspecified atom stereocenters. The summed E-state index contributed by atoms with van der Waals surface area (Å²) in [7, 11) is 4.05. The Morgan fingerprint density at radius 2 is 1.56 bits per heavy atom. The SMILES string of the molecule is CN(C)c1ccc([C@@H]2Nc3ccccc3C(=O)N2Cc2ccccc2)cc1. The van der Waals surface area contributed by atoms with Gasteiger partial charge < -0.3 is 15.1 Å². The number of hydrogen-bond acceptors (Lipinski definition) is 3. The smallest absolute Gasteiger partial charge is 0.258 e. The quantitative estimate of drug-likeness (QED) is 0.746. The van der Waals surface area contributed by atoms with Crippen LogP contribution in [-0.4, -0.2) is 24.9 Å². The maximum absolute atomic E-state index is 13.3. The zero-order chi connectivity index (χ0) is 18.8. The van der Waals surface area contributed by atoms with Crippen molar-refractivity contribution in [3.8, 4) is 0 Å². The van der Waals surface area contributed by atoms with E-state index in [0.29, 0.717) is 6.54 Å². The first-order valence-corrected chi connectivity index (χ1v) is 9.11. The second-order valence-corrected chi connectivity index (χ2v) is 7.00. The first-order valence-electron chi connectivity index (χ1n) is 9.11. The molecule has 136 valence electrons. The van der Waals surface area contributed by atoms with Gasteiger partial charge in [-0.3, -0.25) is 4.79 Å². The summed E-state index contributed by atoms with van der Waals surface area (Å²) in [5.74, 6) is 0.0508. The molecule has 0 aromatic heterocycles. The van der Waals surface area contributed by atoms with Crippen LogP contribution >= 0.6 is 0 Å².